The molecule has 0 aromatic carbocycles. The second-order valence-corrected chi connectivity index (χ2v) is 9.49. The Morgan fingerprint density at radius 1 is 1.19 bits per heavy atom. The van der Waals surface area contributed by atoms with Crippen molar-refractivity contribution in [1.82, 2.24) is 0 Å². The van der Waals surface area contributed by atoms with Crippen LogP contribution in [0.25, 0.3) is 0 Å². The Hall–Kier alpha value is -1.38. The summed E-state index contributed by atoms with van der Waals surface area (Å²) in [5, 5.41) is 10.5. The molecule has 0 bridgehead atoms. The molecule has 0 spiro atoms. The summed E-state index contributed by atoms with van der Waals surface area (Å²) in [5.74, 6) is 2.00. The zero-order valence-electron chi connectivity index (χ0n) is 17.8. The van der Waals surface area contributed by atoms with E-state index in [1.807, 2.05) is 6.92 Å². The fourth-order valence-corrected chi connectivity index (χ4v) is 6.49. The lowest BCUT2D eigenvalue weighted by molar-refractivity contribution is -0.129. The van der Waals surface area contributed by atoms with Crippen LogP contribution < -0.4 is 0 Å². The van der Waals surface area contributed by atoms with Crippen molar-refractivity contribution in [2.24, 2.45) is 47.3 Å². The first-order valence-corrected chi connectivity index (χ1v) is 10.9. The van der Waals surface area contributed by atoms with E-state index in [4.69, 9.17) is 0 Å². The van der Waals surface area contributed by atoms with Crippen molar-refractivity contribution < 1.29 is 14.7 Å². The lowest BCUT2D eigenvalue weighted by Gasteiger charge is -2.52. The molecule has 3 nitrogen and oxygen atoms in total. The van der Waals surface area contributed by atoms with Crippen molar-refractivity contribution >= 4 is 11.6 Å². The molecule has 0 aromatic rings. The first-order chi connectivity index (χ1) is 12.7. The largest absolute Gasteiger partial charge is 0.511 e. The maximum Gasteiger partial charge on any atom is 0.173 e. The van der Waals surface area contributed by atoms with Crippen molar-refractivity contribution in [2.75, 3.05) is 0 Å². The average Bonchev–Trinajstić information content (AvgIpc) is 2.87. The van der Waals surface area contributed by atoms with Crippen LogP contribution >= 0.6 is 0 Å². The number of carbonyl (C=O) groups excluding carboxylic acids is 2. The van der Waals surface area contributed by atoms with Crippen molar-refractivity contribution in [3.63, 3.8) is 0 Å². The van der Waals surface area contributed by atoms with Crippen LogP contribution in [-0.2, 0) is 9.59 Å². The highest BCUT2D eigenvalue weighted by Crippen LogP contribution is 2.54. The average molecular weight is 373 g/mol. The molecule has 1 N–H and O–H groups in total. The van der Waals surface area contributed by atoms with Gasteiger partial charge in [0.25, 0.3) is 0 Å². The topological polar surface area (TPSA) is 54.4 Å². The number of carbonyl (C=O) groups is 2. The summed E-state index contributed by atoms with van der Waals surface area (Å²) >= 11 is 0. The molecule has 0 radical (unpaired) electrons. The van der Waals surface area contributed by atoms with Crippen LogP contribution in [0.1, 0.15) is 67.2 Å². The zero-order chi connectivity index (χ0) is 20.0. The van der Waals surface area contributed by atoms with Gasteiger partial charge in [-0.2, -0.15) is 0 Å². The number of aliphatic hydroxyl groups excluding tert-OH is 1. The van der Waals surface area contributed by atoms with Gasteiger partial charge in [0.1, 0.15) is 5.76 Å². The van der Waals surface area contributed by atoms with Crippen molar-refractivity contribution in [3.05, 3.63) is 23.0 Å². The first kappa shape index (κ1) is 20.4. The van der Waals surface area contributed by atoms with Gasteiger partial charge in [0.2, 0.25) is 0 Å². The molecule has 0 heterocycles. The molecule has 0 saturated heterocycles. The summed E-state index contributed by atoms with van der Waals surface area (Å²) in [7, 11) is 0. The summed E-state index contributed by atoms with van der Waals surface area (Å²) in [6.45, 7) is 13.0. The van der Waals surface area contributed by atoms with Gasteiger partial charge in [0, 0.05) is 18.3 Å². The molecule has 8 unspecified atom stereocenters. The van der Waals surface area contributed by atoms with E-state index in [1.54, 1.807) is 0 Å². The molecule has 150 valence electrons. The number of Topliss-reactive ketones (excluding diaryl/α,β-unsaturated/α-hetero) is 2. The lowest BCUT2D eigenvalue weighted by Crippen LogP contribution is -2.48. The van der Waals surface area contributed by atoms with Gasteiger partial charge < -0.3 is 5.11 Å². The maximum atomic E-state index is 13.7. The number of fused-ring (bicyclic) bond motifs is 1. The number of aliphatic hydroxyl groups is 1. The summed E-state index contributed by atoms with van der Waals surface area (Å²) in [5.41, 5.74) is 1.42. The van der Waals surface area contributed by atoms with Gasteiger partial charge in [-0.3, -0.25) is 9.59 Å². The maximum absolute atomic E-state index is 13.7. The van der Waals surface area contributed by atoms with Crippen LogP contribution in [0.15, 0.2) is 23.0 Å². The number of hydrogen-bond donors (Lipinski definition) is 1. The molecule has 0 aliphatic heterocycles. The van der Waals surface area contributed by atoms with Crippen LogP contribution in [0.5, 0.6) is 0 Å². The minimum atomic E-state index is -0.222. The predicted molar refractivity (Wildman–Crippen MR) is 108 cm³/mol. The molecule has 1 saturated carbocycles. The molecule has 3 heteroatoms. The van der Waals surface area contributed by atoms with Crippen LogP contribution in [0.4, 0.5) is 0 Å². The van der Waals surface area contributed by atoms with Crippen molar-refractivity contribution in [1.29, 1.82) is 0 Å². The third-order valence-electron chi connectivity index (χ3n) is 8.07. The molecule has 1 fully saturated rings. The molecule has 3 aliphatic rings. The number of rotatable bonds is 4. The van der Waals surface area contributed by atoms with Crippen LogP contribution in [-0.4, -0.2) is 16.7 Å². The van der Waals surface area contributed by atoms with Gasteiger partial charge in [-0.05, 0) is 55.3 Å². The van der Waals surface area contributed by atoms with E-state index in [0.717, 1.165) is 19.3 Å². The van der Waals surface area contributed by atoms with Gasteiger partial charge in [-0.1, -0.05) is 52.7 Å². The van der Waals surface area contributed by atoms with Gasteiger partial charge in [-0.15, -0.1) is 0 Å². The van der Waals surface area contributed by atoms with E-state index < -0.39 is 0 Å². The Morgan fingerprint density at radius 3 is 2.37 bits per heavy atom. The molecular formula is C24H36O3. The van der Waals surface area contributed by atoms with Crippen LogP contribution in [0, 0.1) is 47.3 Å². The third-order valence-corrected chi connectivity index (χ3v) is 8.07. The number of allylic oxidation sites excluding steroid dienone is 4. The Labute approximate surface area is 164 Å². The van der Waals surface area contributed by atoms with Gasteiger partial charge >= 0.3 is 0 Å². The highest BCUT2D eigenvalue weighted by atomic mass is 16.3. The smallest absolute Gasteiger partial charge is 0.173 e. The number of hydrogen-bond acceptors (Lipinski definition) is 3. The lowest BCUT2D eigenvalue weighted by atomic mass is 9.52. The minimum Gasteiger partial charge on any atom is -0.511 e. The summed E-state index contributed by atoms with van der Waals surface area (Å²) in [6, 6.07) is 0. The second-order valence-electron chi connectivity index (χ2n) is 9.49. The minimum absolute atomic E-state index is 0.0360. The molecule has 0 aromatic heterocycles. The third kappa shape index (κ3) is 3.21. The molecule has 3 aliphatic carbocycles. The van der Waals surface area contributed by atoms with Crippen molar-refractivity contribution in [3.8, 4) is 0 Å². The van der Waals surface area contributed by atoms with E-state index in [0.29, 0.717) is 23.7 Å². The highest BCUT2D eigenvalue weighted by molar-refractivity contribution is 6.23. The van der Waals surface area contributed by atoms with Crippen molar-refractivity contribution in [2.45, 2.75) is 67.2 Å². The predicted octanol–water partition coefficient (Wildman–Crippen LogP) is 5.51. The second kappa shape index (κ2) is 7.56. The van der Waals surface area contributed by atoms with Crippen LogP contribution in [0.2, 0.25) is 0 Å². The Kier molecular flexibility index (Phi) is 5.70. The highest BCUT2D eigenvalue weighted by Gasteiger charge is 2.51. The molecule has 3 rings (SSSR count). The molecule has 8 atom stereocenters. The monoisotopic (exact) mass is 372 g/mol. The molecular weight excluding hydrogens is 336 g/mol. The van der Waals surface area contributed by atoms with Gasteiger partial charge in [0.15, 0.2) is 11.6 Å². The van der Waals surface area contributed by atoms with Gasteiger partial charge in [-0.25, -0.2) is 0 Å². The normalized spacial score (nSPS) is 42.1. The van der Waals surface area contributed by atoms with E-state index in [-0.39, 0.29) is 53.0 Å². The first-order valence-electron chi connectivity index (χ1n) is 10.9. The molecule has 0 amide bonds. The van der Waals surface area contributed by atoms with E-state index >= 15 is 0 Å². The fraction of sp³-hybridized carbons (Fsp3) is 0.750. The van der Waals surface area contributed by atoms with Gasteiger partial charge in [0.05, 0.1) is 5.57 Å². The van der Waals surface area contributed by atoms with E-state index in [1.165, 1.54) is 5.57 Å². The summed E-state index contributed by atoms with van der Waals surface area (Å²) in [4.78, 5) is 26.3. The Bertz CT molecular complexity index is 686. The molecule has 27 heavy (non-hydrogen) atoms. The van der Waals surface area contributed by atoms with E-state index in [9.17, 15) is 14.7 Å². The fourth-order valence-electron chi connectivity index (χ4n) is 6.49. The van der Waals surface area contributed by atoms with E-state index in [2.05, 4.69) is 40.7 Å². The van der Waals surface area contributed by atoms with Crippen LogP contribution in [0.3, 0.4) is 0 Å². The quantitative estimate of drug-likeness (QED) is 0.523. The summed E-state index contributed by atoms with van der Waals surface area (Å²) in [6.07, 6.45) is 5.79. The Morgan fingerprint density at radius 2 is 1.85 bits per heavy atom. The Balaban J connectivity index is 2.09. The summed E-state index contributed by atoms with van der Waals surface area (Å²) < 4.78 is 0. The zero-order valence-corrected chi connectivity index (χ0v) is 17.8. The number of ketones is 2. The SMILES string of the molecule is CCC1C(C)=CC2CC(C)C(C)C(CC)C2C1C(=O)C1=C(O)C(C)CC1=O. The standard InChI is InChI=1S/C24H36O3/c1-7-17-13(4)10-16-9-12(3)15(6)18(8-2)20(16)21(17)24(27)22-19(25)11-14(5)23(22)26/h10,12,14-18,20-21,26H,7-9,11H2,1-6H3.